The summed E-state index contributed by atoms with van der Waals surface area (Å²) in [5.41, 5.74) is 10.8. The van der Waals surface area contributed by atoms with Crippen molar-refractivity contribution in [3.63, 3.8) is 0 Å². The molecule has 2 N–H and O–H groups in total. The molecule has 0 saturated heterocycles. The Kier molecular flexibility index (Phi) is 4.27. The summed E-state index contributed by atoms with van der Waals surface area (Å²) < 4.78 is 0. The normalized spacial score (nSPS) is 17.2. The first-order valence-electron chi connectivity index (χ1n) is 8.28. The lowest BCUT2D eigenvalue weighted by Gasteiger charge is -2.35. The van der Waals surface area contributed by atoms with E-state index in [0.29, 0.717) is 22.3 Å². The SMILES string of the molecule is CC(C)(C)C1CCc2nc(N)c(C#N)c(-c3cccc(Cl)c3)c2C1. The molecule has 1 atom stereocenters. The average Bonchev–Trinajstić information content (AvgIpc) is 2.52. The van der Waals surface area contributed by atoms with E-state index in [0.717, 1.165) is 41.6 Å². The molecule has 3 nitrogen and oxygen atoms in total. The van der Waals surface area contributed by atoms with Gasteiger partial charge in [0.2, 0.25) is 0 Å². The van der Waals surface area contributed by atoms with Crippen LogP contribution in [0.4, 0.5) is 5.82 Å². The summed E-state index contributed by atoms with van der Waals surface area (Å²) in [6.07, 6.45) is 2.92. The Labute approximate surface area is 148 Å². The molecule has 0 fully saturated rings. The maximum Gasteiger partial charge on any atom is 0.142 e. The van der Waals surface area contributed by atoms with Crippen molar-refractivity contribution in [2.24, 2.45) is 11.3 Å². The number of hydrogen-bond donors (Lipinski definition) is 1. The first-order chi connectivity index (χ1) is 11.3. The average molecular weight is 340 g/mol. The van der Waals surface area contributed by atoms with Gasteiger partial charge in [-0.3, -0.25) is 0 Å². The van der Waals surface area contributed by atoms with Crippen LogP contribution >= 0.6 is 11.6 Å². The maximum absolute atomic E-state index is 9.65. The number of nitriles is 1. The molecule has 0 bridgehead atoms. The summed E-state index contributed by atoms with van der Waals surface area (Å²) in [6, 6.07) is 9.89. The number of nitrogen functional groups attached to an aromatic ring is 1. The summed E-state index contributed by atoms with van der Waals surface area (Å²) >= 11 is 6.18. The van der Waals surface area contributed by atoms with Gasteiger partial charge in [-0.25, -0.2) is 4.98 Å². The number of pyridine rings is 1. The van der Waals surface area contributed by atoms with Gasteiger partial charge in [0.25, 0.3) is 0 Å². The minimum atomic E-state index is 0.220. The number of benzene rings is 1. The molecule has 24 heavy (non-hydrogen) atoms. The molecular formula is C20H22ClN3. The molecule has 1 aliphatic carbocycles. The van der Waals surface area contributed by atoms with Crippen molar-refractivity contribution in [1.82, 2.24) is 4.98 Å². The summed E-state index contributed by atoms with van der Waals surface area (Å²) in [5, 5.41) is 10.3. The van der Waals surface area contributed by atoms with Crippen LogP contribution in [0.5, 0.6) is 0 Å². The molecule has 4 heteroatoms. The number of aromatic nitrogens is 1. The number of halogens is 1. The number of fused-ring (bicyclic) bond motifs is 1. The van der Waals surface area contributed by atoms with Crippen LogP contribution in [-0.2, 0) is 12.8 Å². The van der Waals surface area contributed by atoms with Crippen molar-refractivity contribution in [2.45, 2.75) is 40.0 Å². The topological polar surface area (TPSA) is 62.7 Å². The van der Waals surface area contributed by atoms with Gasteiger partial charge in [-0.15, -0.1) is 0 Å². The number of nitrogens with zero attached hydrogens (tertiary/aromatic N) is 2. The molecule has 1 aliphatic rings. The number of hydrogen-bond acceptors (Lipinski definition) is 3. The molecule has 0 radical (unpaired) electrons. The van der Waals surface area contributed by atoms with E-state index < -0.39 is 0 Å². The van der Waals surface area contributed by atoms with Crippen molar-refractivity contribution >= 4 is 17.4 Å². The van der Waals surface area contributed by atoms with E-state index in [1.807, 2.05) is 24.3 Å². The van der Waals surface area contributed by atoms with Crippen LogP contribution in [0, 0.1) is 22.7 Å². The van der Waals surface area contributed by atoms with Gasteiger partial charge in [-0.2, -0.15) is 5.26 Å². The van der Waals surface area contributed by atoms with Gasteiger partial charge in [-0.1, -0.05) is 44.5 Å². The van der Waals surface area contributed by atoms with Gasteiger partial charge in [0.1, 0.15) is 17.5 Å². The largest absolute Gasteiger partial charge is 0.383 e. The van der Waals surface area contributed by atoms with E-state index in [1.165, 1.54) is 0 Å². The standard InChI is InChI=1S/C20H22ClN3/c1-20(2,3)13-7-8-17-15(10-13)18(16(11-22)19(23)24-17)12-5-4-6-14(21)9-12/h4-6,9,13H,7-8,10H2,1-3H3,(H2,23,24). The Bertz CT molecular complexity index is 828. The third kappa shape index (κ3) is 2.99. The van der Waals surface area contributed by atoms with Crippen LogP contribution in [-0.4, -0.2) is 4.98 Å². The molecule has 124 valence electrons. The van der Waals surface area contributed by atoms with Crippen molar-refractivity contribution in [1.29, 1.82) is 5.26 Å². The first-order valence-corrected chi connectivity index (χ1v) is 8.66. The zero-order valence-electron chi connectivity index (χ0n) is 14.4. The van der Waals surface area contributed by atoms with Gasteiger partial charge in [0.15, 0.2) is 0 Å². The monoisotopic (exact) mass is 339 g/mol. The molecule has 1 unspecified atom stereocenters. The highest BCUT2D eigenvalue weighted by Gasteiger charge is 2.32. The van der Waals surface area contributed by atoms with Crippen molar-refractivity contribution in [3.8, 4) is 17.2 Å². The second-order valence-electron chi connectivity index (χ2n) is 7.60. The fraction of sp³-hybridized carbons (Fsp3) is 0.400. The van der Waals surface area contributed by atoms with Crippen LogP contribution in [0.3, 0.4) is 0 Å². The minimum absolute atomic E-state index is 0.220. The van der Waals surface area contributed by atoms with Gasteiger partial charge < -0.3 is 5.73 Å². The van der Waals surface area contributed by atoms with Crippen LogP contribution in [0.25, 0.3) is 11.1 Å². The summed E-state index contributed by atoms with van der Waals surface area (Å²) in [7, 11) is 0. The molecule has 0 spiro atoms. The van der Waals surface area contributed by atoms with E-state index in [-0.39, 0.29) is 5.41 Å². The summed E-state index contributed by atoms with van der Waals surface area (Å²) in [4.78, 5) is 4.53. The van der Waals surface area contributed by atoms with E-state index in [1.54, 1.807) is 0 Å². The lowest BCUT2D eigenvalue weighted by atomic mass is 9.70. The Morgan fingerprint density at radius 2 is 2.08 bits per heavy atom. The zero-order valence-corrected chi connectivity index (χ0v) is 15.1. The Morgan fingerprint density at radius 3 is 2.71 bits per heavy atom. The second-order valence-corrected chi connectivity index (χ2v) is 8.04. The van der Waals surface area contributed by atoms with E-state index in [2.05, 4.69) is 31.8 Å². The molecule has 1 aromatic carbocycles. The highest BCUT2D eigenvalue weighted by molar-refractivity contribution is 6.30. The van der Waals surface area contributed by atoms with Gasteiger partial charge in [0.05, 0.1) is 0 Å². The van der Waals surface area contributed by atoms with E-state index in [9.17, 15) is 5.26 Å². The smallest absolute Gasteiger partial charge is 0.142 e. The third-order valence-electron chi connectivity index (χ3n) is 5.04. The van der Waals surface area contributed by atoms with Gasteiger partial charge in [-0.05, 0) is 53.9 Å². The second kappa shape index (κ2) is 6.11. The Hall–Kier alpha value is -2.05. The fourth-order valence-electron chi connectivity index (χ4n) is 3.59. The van der Waals surface area contributed by atoms with Crippen molar-refractivity contribution in [2.75, 3.05) is 5.73 Å². The molecule has 2 aromatic rings. The Morgan fingerprint density at radius 1 is 1.33 bits per heavy atom. The van der Waals surface area contributed by atoms with Gasteiger partial charge >= 0.3 is 0 Å². The number of nitrogens with two attached hydrogens (primary N) is 1. The molecule has 0 aliphatic heterocycles. The lowest BCUT2D eigenvalue weighted by molar-refractivity contribution is 0.215. The zero-order chi connectivity index (χ0) is 17.5. The molecular weight excluding hydrogens is 318 g/mol. The van der Waals surface area contributed by atoms with Crippen LogP contribution in [0.1, 0.15) is 44.0 Å². The summed E-state index contributed by atoms with van der Waals surface area (Å²) in [6.45, 7) is 6.83. The lowest BCUT2D eigenvalue weighted by Crippen LogP contribution is -2.28. The molecule has 3 rings (SSSR count). The predicted molar refractivity (Wildman–Crippen MR) is 98.8 cm³/mol. The predicted octanol–water partition coefficient (Wildman–Crippen LogP) is 5.01. The van der Waals surface area contributed by atoms with Crippen LogP contribution in [0.15, 0.2) is 24.3 Å². The van der Waals surface area contributed by atoms with Crippen LogP contribution in [0.2, 0.25) is 5.02 Å². The van der Waals surface area contributed by atoms with Crippen molar-refractivity contribution < 1.29 is 0 Å². The van der Waals surface area contributed by atoms with Gasteiger partial charge in [0, 0.05) is 16.3 Å². The number of rotatable bonds is 1. The first kappa shape index (κ1) is 16.8. The Balaban J connectivity index is 2.24. The van der Waals surface area contributed by atoms with E-state index >= 15 is 0 Å². The third-order valence-corrected chi connectivity index (χ3v) is 5.28. The quantitative estimate of drug-likeness (QED) is 0.794. The molecule has 0 saturated carbocycles. The molecule has 1 heterocycles. The highest BCUT2D eigenvalue weighted by atomic mass is 35.5. The number of anilines is 1. The summed E-state index contributed by atoms with van der Waals surface area (Å²) in [5.74, 6) is 0.875. The fourth-order valence-corrected chi connectivity index (χ4v) is 3.78. The number of aryl methyl sites for hydroxylation is 1. The maximum atomic E-state index is 9.65. The van der Waals surface area contributed by atoms with Crippen molar-refractivity contribution in [3.05, 3.63) is 46.1 Å². The highest BCUT2D eigenvalue weighted by Crippen LogP contribution is 2.42. The van der Waals surface area contributed by atoms with E-state index in [4.69, 9.17) is 17.3 Å². The minimum Gasteiger partial charge on any atom is -0.383 e. The molecule has 0 amide bonds. The van der Waals surface area contributed by atoms with Crippen LogP contribution < -0.4 is 5.73 Å². The molecule has 1 aromatic heterocycles.